The van der Waals surface area contributed by atoms with Crippen molar-refractivity contribution in [3.63, 3.8) is 0 Å². The molecule has 168 valence electrons. The molecule has 1 N–H and O–H groups in total. The number of carbonyl (C=O) groups excluding carboxylic acids is 2. The van der Waals surface area contributed by atoms with Gasteiger partial charge in [0.05, 0.1) is 24.7 Å². The van der Waals surface area contributed by atoms with Gasteiger partial charge in [-0.3, -0.25) is 4.79 Å². The third-order valence-electron chi connectivity index (χ3n) is 4.42. The van der Waals surface area contributed by atoms with Crippen LogP contribution in [0.4, 0.5) is 5.69 Å². The number of amides is 1. The number of anilines is 1. The Morgan fingerprint density at radius 2 is 1.67 bits per heavy atom. The number of thioether (sulfide) groups is 1. The van der Waals surface area contributed by atoms with E-state index >= 15 is 0 Å². The average molecular weight is 465 g/mol. The maximum absolute atomic E-state index is 12.3. The molecule has 0 saturated heterocycles. The maximum atomic E-state index is 12.3. The summed E-state index contributed by atoms with van der Waals surface area (Å²) in [6, 6.07) is 13.6. The molecule has 0 aliphatic rings. The lowest BCUT2D eigenvalue weighted by Crippen LogP contribution is -2.12. The van der Waals surface area contributed by atoms with E-state index in [-0.39, 0.29) is 12.3 Å². The number of rotatable bonds is 9. The van der Waals surface area contributed by atoms with Crippen LogP contribution in [0.2, 0.25) is 0 Å². The molecule has 0 radical (unpaired) electrons. The first-order valence-corrected chi connectivity index (χ1v) is 11.1. The monoisotopic (exact) mass is 464 g/mol. The van der Waals surface area contributed by atoms with Crippen molar-refractivity contribution >= 4 is 29.3 Å². The standard InChI is InChI=1S/C23H20N4O5S/c1-2-30-22(29)15-7-9-16(10-8-15)24-19(28)11-14-33-23-25-20(17-5-3-12-31-17)21(26-27-23)18-6-4-13-32-18/h3-10,12-13H,2,11,14H2,1H3,(H,24,28). The fraction of sp³-hybridized carbons (Fsp3) is 0.174. The van der Waals surface area contributed by atoms with Crippen molar-refractivity contribution in [3.05, 3.63) is 66.6 Å². The van der Waals surface area contributed by atoms with Crippen LogP contribution in [0.15, 0.2) is 75.0 Å². The zero-order valence-electron chi connectivity index (χ0n) is 17.7. The molecule has 3 aromatic heterocycles. The first-order chi connectivity index (χ1) is 16.1. The number of nitrogens with one attached hydrogen (secondary N) is 1. The van der Waals surface area contributed by atoms with E-state index in [1.54, 1.807) is 68.0 Å². The SMILES string of the molecule is CCOC(=O)c1ccc(NC(=O)CCSc2nnc(-c3ccco3)c(-c3ccco3)n2)cc1. The third kappa shape index (κ3) is 5.66. The molecule has 0 atom stereocenters. The summed E-state index contributed by atoms with van der Waals surface area (Å²) < 4.78 is 15.9. The lowest BCUT2D eigenvalue weighted by Gasteiger charge is -2.07. The molecule has 10 heteroatoms. The number of furan rings is 2. The molecule has 0 spiro atoms. The summed E-state index contributed by atoms with van der Waals surface area (Å²) in [7, 11) is 0. The lowest BCUT2D eigenvalue weighted by atomic mass is 10.2. The van der Waals surface area contributed by atoms with Crippen LogP contribution in [-0.4, -0.2) is 39.4 Å². The lowest BCUT2D eigenvalue weighted by molar-refractivity contribution is -0.115. The van der Waals surface area contributed by atoms with E-state index in [0.29, 0.717) is 51.7 Å². The van der Waals surface area contributed by atoms with Crippen LogP contribution < -0.4 is 5.32 Å². The Labute approximate surface area is 193 Å². The smallest absolute Gasteiger partial charge is 0.338 e. The first-order valence-electron chi connectivity index (χ1n) is 10.2. The minimum Gasteiger partial charge on any atom is -0.463 e. The van der Waals surface area contributed by atoms with Crippen LogP contribution in [-0.2, 0) is 9.53 Å². The number of esters is 1. The van der Waals surface area contributed by atoms with Crippen molar-refractivity contribution in [3.8, 4) is 22.9 Å². The summed E-state index contributed by atoms with van der Waals surface area (Å²) in [6.45, 7) is 2.06. The van der Waals surface area contributed by atoms with Gasteiger partial charge in [0.2, 0.25) is 11.1 Å². The topological polar surface area (TPSA) is 120 Å². The highest BCUT2D eigenvalue weighted by atomic mass is 32.2. The van der Waals surface area contributed by atoms with Crippen LogP contribution in [0.1, 0.15) is 23.7 Å². The minimum atomic E-state index is -0.396. The zero-order chi connectivity index (χ0) is 23.0. The van der Waals surface area contributed by atoms with Crippen LogP contribution in [0.5, 0.6) is 0 Å². The molecule has 0 unspecified atom stereocenters. The molecule has 0 aliphatic carbocycles. The van der Waals surface area contributed by atoms with Gasteiger partial charge >= 0.3 is 5.97 Å². The summed E-state index contributed by atoms with van der Waals surface area (Å²) >= 11 is 1.31. The second kappa shape index (κ2) is 10.6. The molecule has 3 heterocycles. The van der Waals surface area contributed by atoms with Crippen LogP contribution in [0.25, 0.3) is 22.9 Å². The van der Waals surface area contributed by atoms with Gasteiger partial charge in [-0.1, -0.05) is 11.8 Å². The Bertz CT molecular complexity index is 1210. The highest BCUT2D eigenvalue weighted by molar-refractivity contribution is 7.99. The van der Waals surface area contributed by atoms with E-state index in [4.69, 9.17) is 13.6 Å². The summed E-state index contributed by atoms with van der Waals surface area (Å²) in [5.41, 5.74) is 2.01. The maximum Gasteiger partial charge on any atom is 0.338 e. The highest BCUT2D eigenvalue weighted by Crippen LogP contribution is 2.30. The normalized spacial score (nSPS) is 10.7. The molecule has 0 saturated carbocycles. The third-order valence-corrected chi connectivity index (χ3v) is 5.26. The molecule has 4 rings (SSSR count). The van der Waals surface area contributed by atoms with Crippen molar-refractivity contribution in [2.75, 3.05) is 17.7 Å². The highest BCUT2D eigenvalue weighted by Gasteiger charge is 2.18. The average Bonchev–Trinajstić information content (AvgIpc) is 3.54. The Kier molecular flexibility index (Phi) is 7.16. The van der Waals surface area contributed by atoms with Gasteiger partial charge in [-0.2, -0.15) is 0 Å². The van der Waals surface area contributed by atoms with Crippen LogP contribution in [0, 0.1) is 0 Å². The molecule has 33 heavy (non-hydrogen) atoms. The Morgan fingerprint density at radius 1 is 0.970 bits per heavy atom. The van der Waals surface area contributed by atoms with Gasteiger partial charge in [0, 0.05) is 17.9 Å². The van der Waals surface area contributed by atoms with Crippen molar-refractivity contribution in [1.29, 1.82) is 0 Å². The Morgan fingerprint density at radius 3 is 2.30 bits per heavy atom. The molecular weight excluding hydrogens is 444 g/mol. The van der Waals surface area contributed by atoms with Gasteiger partial charge < -0.3 is 18.9 Å². The Balaban J connectivity index is 1.35. The molecule has 0 aliphatic heterocycles. The fourth-order valence-corrected chi connectivity index (χ4v) is 3.62. The summed E-state index contributed by atoms with van der Waals surface area (Å²) in [5, 5.41) is 11.6. The minimum absolute atomic E-state index is 0.169. The summed E-state index contributed by atoms with van der Waals surface area (Å²) in [5.74, 6) is 0.963. The second-order valence-electron chi connectivity index (χ2n) is 6.69. The quantitative estimate of drug-likeness (QED) is 0.278. The van der Waals surface area contributed by atoms with Gasteiger partial charge in [0.1, 0.15) is 5.69 Å². The van der Waals surface area contributed by atoms with Crippen molar-refractivity contribution in [1.82, 2.24) is 15.2 Å². The van der Waals surface area contributed by atoms with Gasteiger partial charge in [-0.15, -0.1) is 10.2 Å². The van der Waals surface area contributed by atoms with Crippen molar-refractivity contribution < 1.29 is 23.2 Å². The van der Waals surface area contributed by atoms with Gasteiger partial charge in [-0.25, -0.2) is 9.78 Å². The van der Waals surface area contributed by atoms with E-state index in [2.05, 4.69) is 20.5 Å². The van der Waals surface area contributed by atoms with E-state index in [1.807, 2.05) is 0 Å². The van der Waals surface area contributed by atoms with E-state index < -0.39 is 5.97 Å². The number of hydrogen-bond donors (Lipinski definition) is 1. The number of hydrogen-bond acceptors (Lipinski definition) is 9. The fourth-order valence-electron chi connectivity index (χ4n) is 2.90. The predicted octanol–water partition coefficient (Wildman–Crippen LogP) is 4.69. The second-order valence-corrected chi connectivity index (χ2v) is 7.75. The van der Waals surface area contributed by atoms with Gasteiger partial charge in [0.25, 0.3) is 0 Å². The number of benzene rings is 1. The number of ether oxygens (including phenoxy) is 1. The molecule has 4 aromatic rings. The van der Waals surface area contributed by atoms with Crippen LogP contribution >= 0.6 is 11.8 Å². The van der Waals surface area contributed by atoms with E-state index in [0.717, 1.165) is 0 Å². The molecule has 1 aromatic carbocycles. The van der Waals surface area contributed by atoms with Crippen LogP contribution in [0.3, 0.4) is 0 Å². The number of carbonyl (C=O) groups is 2. The summed E-state index contributed by atoms with van der Waals surface area (Å²) in [6.07, 6.45) is 3.35. The predicted molar refractivity (Wildman–Crippen MR) is 122 cm³/mol. The Hall–Kier alpha value is -3.92. The van der Waals surface area contributed by atoms with E-state index in [1.165, 1.54) is 11.8 Å². The zero-order valence-corrected chi connectivity index (χ0v) is 18.5. The summed E-state index contributed by atoms with van der Waals surface area (Å²) in [4.78, 5) is 28.5. The van der Waals surface area contributed by atoms with Gasteiger partial charge in [-0.05, 0) is 55.5 Å². The first kappa shape index (κ1) is 22.3. The number of nitrogens with zero attached hydrogens (tertiary/aromatic N) is 3. The molecule has 0 fully saturated rings. The van der Waals surface area contributed by atoms with Crippen molar-refractivity contribution in [2.24, 2.45) is 0 Å². The van der Waals surface area contributed by atoms with Gasteiger partial charge in [0.15, 0.2) is 17.2 Å². The molecule has 9 nitrogen and oxygen atoms in total. The van der Waals surface area contributed by atoms with Crippen molar-refractivity contribution in [2.45, 2.75) is 18.5 Å². The number of aromatic nitrogens is 3. The largest absolute Gasteiger partial charge is 0.463 e. The van der Waals surface area contributed by atoms with E-state index in [9.17, 15) is 9.59 Å². The molecule has 0 bridgehead atoms. The molecular formula is C23H20N4O5S. The molecule has 1 amide bonds.